The number of carbonyl (C=O) groups is 1. The number of thiophene rings is 1. The molecule has 0 fully saturated rings. The van der Waals surface area contributed by atoms with Gasteiger partial charge in [-0.15, -0.1) is 22.7 Å². The molecule has 0 unspecified atom stereocenters. The molecule has 0 aliphatic carbocycles. The summed E-state index contributed by atoms with van der Waals surface area (Å²) < 4.78 is 5.23. The van der Waals surface area contributed by atoms with Gasteiger partial charge in [0.05, 0.1) is 17.1 Å². The Balaban J connectivity index is 1.40. The Morgan fingerprint density at radius 1 is 1.12 bits per heavy atom. The number of rotatable bonds is 5. The van der Waals surface area contributed by atoms with Crippen LogP contribution in [0.1, 0.15) is 15.5 Å². The molecular formula is C18H13N3O2S2. The van der Waals surface area contributed by atoms with Gasteiger partial charge in [0.15, 0.2) is 11.5 Å². The molecule has 0 atom stereocenters. The minimum absolute atomic E-state index is 0.267. The fourth-order valence-corrected chi connectivity index (χ4v) is 3.71. The second-order valence-electron chi connectivity index (χ2n) is 5.23. The van der Waals surface area contributed by atoms with Crippen LogP contribution >= 0.6 is 22.7 Å². The number of nitrogens with one attached hydrogen (secondary N) is 1. The van der Waals surface area contributed by atoms with Crippen molar-refractivity contribution in [3.8, 4) is 21.9 Å². The molecule has 3 aromatic heterocycles. The van der Waals surface area contributed by atoms with Crippen LogP contribution in [0.5, 0.6) is 0 Å². The lowest BCUT2D eigenvalue weighted by atomic mass is 10.2. The molecule has 1 aromatic carbocycles. The van der Waals surface area contributed by atoms with E-state index in [1.54, 1.807) is 6.07 Å². The summed E-state index contributed by atoms with van der Waals surface area (Å²) in [4.78, 5) is 17.7. The van der Waals surface area contributed by atoms with Crippen molar-refractivity contribution in [2.45, 2.75) is 6.54 Å². The van der Waals surface area contributed by atoms with E-state index in [1.165, 1.54) is 22.7 Å². The van der Waals surface area contributed by atoms with E-state index < -0.39 is 0 Å². The van der Waals surface area contributed by atoms with Gasteiger partial charge in [0.1, 0.15) is 5.01 Å². The van der Waals surface area contributed by atoms with Crippen LogP contribution in [0.4, 0.5) is 0 Å². The third-order valence-electron chi connectivity index (χ3n) is 3.53. The van der Waals surface area contributed by atoms with Crippen molar-refractivity contribution < 1.29 is 9.32 Å². The van der Waals surface area contributed by atoms with E-state index in [-0.39, 0.29) is 11.6 Å². The van der Waals surface area contributed by atoms with Crippen LogP contribution in [0, 0.1) is 0 Å². The number of amides is 1. The first-order chi connectivity index (χ1) is 12.3. The van der Waals surface area contributed by atoms with Gasteiger partial charge in [-0.3, -0.25) is 4.79 Å². The molecule has 4 rings (SSSR count). The van der Waals surface area contributed by atoms with Crippen molar-refractivity contribution in [2.75, 3.05) is 0 Å². The molecule has 1 N–H and O–H groups in total. The normalized spacial score (nSPS) is 10.7. The summed E-state index contributed by atoms with van der Waals surface area (Å²) >= 11 is 3.05. The van der Waals surface area contributed by atoms with E-state index in [1.807, 2.05) is 53.2 Å². The predicted octanol–water partition coefficient (Wildman–Crippen LogP) is 4.46. The van der Waals surface area contributed by atoms with E-state index >= 15 is 0 Å². The maximum atomic E-state index is 12.2. The van der Waals surface area contributed by atoms with Crippen LogP contribution in [-0.4, -0.2) is 16.0 Å². The molecule has 0 saturated carbocycles. The SMILES string of the molecule is O=C(NCc1nc(-c2ccccc2)cs1)c1cc(-c2cccs2)on1. The van der Waals surface area contributed by atoms with E-state index in [0.29, 0.717) is 12.3 Å². The Morgan fingerprint density at radius 3 is 2.80 bits per heavy atom. The molecule has 3 heterocycles. The molecule has 25 heavy (non-hydrogen) atoms. The zero-order valence-corrected chi connectivity index (χ0v) is 14.6. The predicted molar refractivity (Wildman–Crippen MR) is 98.5 cm³/mol. The minimum atomic E-state index is -0.275. The molecule has 124 valence electrons. The second kappa shape index (κ2) is 7.00. The highest BCUT2D eigenvalue weighted by Crippen LogP contribution is 2.25. The Bertz CT molecular complexity index is 975. The van der Waals surface area contributed by atoms with Gasteiger partial charge in [0.25, 0.3) is 5.91 Å². The second-order valence-corrected chi connectivity index (χ2v) is 7.12. The van der Waals surface area contributed by atoms with Crippen LogP contribution in [-0.2, 0) is 6.54 Å². The van der Waals surface area contributed by atoms with Crippen molar-refractivity contribution in [2.24, 2.45) is 0 Å². The minimum Gasteiger partial charge on any atom is -0.355 e. The zero-order chi connectivity index (χ0) is 17.1. The molecule has 0 bridgehead atoms. The molecule has 0 aliphatic heterocycles. The number of hydrogen-bond donors (Lipinski definition) is 1. The van der Waals surface area contributed by atoms with Crippen molar-refractivity contribution >= 4 is 28.6 Å². The number of nitrogens with zero attached hydrogens (tertiary/aromatic N) is 2. The molecule has 7 heteroatoms. The van der Waals surface area contributed by atoms with E-state index in [0.717, 1.165) is 21.1 Å². The van der Waals surface area contributed by atoms with Gasteiger partial charge in [0, 0.05) is 17.0 Å². The van der Waals surface area contributed by atoms with Crippen LogP contribution in [0.3, 0.4) is 0 Å². The summed E-state index contributed by atoms with van der Waals surface area (Å²) in [5, 5.41) is 11.4. The number of benzene rings is 1. The maximum absolute atomic E-state index is 12.2. The molecule has 4 aromatic rings. The molecule has 0 radical (unpaired) electrons. The number of carbonyl (C=O) groups excluding carboxylic acids is 1. The van der Waals surface area contributed by atoms with Crippen molar-refractivity contribution in [1.29, 1.82) is 0 Å². The lowest BCUT2D eigenvalue weighted by molar-refractivity contribution is 0.0942. The van der Waals surface area contributed by atoms with Gasteiger partial charge in [-0.25, -0.2) is 4.98 Å². The van der Waals surface area contributed by atoms with Gasteiger partial charge >= 0.3 is 0 Å². The quantitative estimate of drug-likeness (QED) is 0.566. The molecule has 1 amide bonds. The van der Waals surface area contributed by atoms with Gasteiger partial charge in [-0.2, -0.15) is 0 Å². The highest BCUT2D eigenvalue weighted by molar-refractivity contribution is 7.13. The van der Waals surface area contributed by atoms with E-state index in [2.05, 4.69) is 15.5 Å². The van der Waals surface area contributed by atoms with Crippen molar-refractivity contribution in [3.05, 3.63) is 70.0 Å². The Morgan fingerprint density at radius 2 is 2.00 bits per heavy atom. The average Bonchev–Trinajstić information content (AvgIpc) is 3.41. The first-order valence-corrected chi connectivity index (χ1v) is 9.34. The number of aromatic nitrogens is 2. The van der Waals surface area contributed by atoms with Gasteiger partial charge in [-0.05, 0) is 11.4 Å². The molecule has 5 nitrogen and oxygen atoms in total. The summed E-state index contributed by atoms with van der Waals surface area (Å²) in [7, 11) is 0. The van der Waals surface area contributed by atoms with Crippen LogP contribution in [0.15, 0.2) is 63.8 Å². The van der Waals surface area contributed by atoms with Gasteiger partial charge in [0.2, 0.25) is 0 Å². The lowest BCUT2D eigenvalue weighted by Gasteiger charge is -1.99. The molecule has 0 saturated heterocycles. The Kier molecular flexibility index (Phi) is 4.41. The summed E-state index contributed by atoms with van der Waals surface area (Å²) in [6.45, 7) is 0.359. The van der Waals surface area contributed by atoms with E-state index in [9.17, 15) is 4.79 Å². The Labute approximate surface area is 152 Å². The largest absolute Gasteiger partial charge is 0.355 e. The number of hydrogen-bond acceptors (Lipinski definition) is 6. The monoisotopic (exact) mass is 367 g/mol. The zero-order valence-electron chi connectivity index (χ0n) is 13.0. The highest BCUT2D eigenvalue weighted by atomic mass is 32.1. The lowest BCUT2D eigenvalue weighted by Crippen LogP contribution is -2.22. The molecule has 0 spiro atoms. The van der Waals surface area contributed by atoms with Crippen molar-refractivity contribution in [1.82, 2.24) is 15.5 Å². The molecule has 0 aliphatic rings. The molecular weight excluding hydrogens is 354 g/mol. The number of thiazole rings is 1. The van der Waals surface area contributed by atoms with Crippen molar-refractivity contribution in [3.63, 3.8) is 0 Å². The maximum Gasteiger partial charge on any atom is 0.273 e. The Hall–Kier alpha value is -2.77. The fourth-order valence-electron chi connectivity index (χ4n) is 2.30. The third-order valence-corrected chi connectivity index (χ3v) is 5.26. The van der Waals surface area contributed by atoms with E-state index in [4.69, 9.17) is 4.52 Å². The van der Waals surface area contributed by atoms with Crippen LogP contribution < -0.4 is 5.32 Å². The highest BCUT2D eigenvalue weighted by Gasteiger charge is 2.14. The first kappa shape index (κ1) is 15.7. The first-order valence-electron chi connectivity index (χ1n) is 7.58. The summed E-state index contributed by atoms with van der Waals surface area (Å²) in [6, 6.07) is 15.5. The average molecular weight is 367 g/mol. The topological polar surface area (TPSA) is 68.0 Å². The van der Waals surface area contributed by atoms with Crippen LogP contribution in [0.2, 0.25) is 0 Å². The summed E-state index contributed by atoms with van der Waals surface area (Å²) in [5.41, 5.74) is 2.24. The summed E-state index contributed by atoms with van der Waals surface area (Å²) in [6.07, 6.45) is 0. The van der Waals surface area contributed by atoms with Gasteiger partial charge < -0.3 is 9.84 Å². The van der Waals surface area contributed by atoms with Crippen LogP contribution in [0.25, 0.3) is 21.9 Å². The standard InChI is InChI=1S/C18H13N3O2S2/c22-18(13-9-15(23-21-13)16-7-4-8-24-16)19-10-17-20-14(11-25-17)12-5-2-1-3-6-12/h1-9,11H,10H2,(H,19,22). The fraction of sp³-hybridized carbons (Fsp3) is 0.0556. The summed E-state index contributed by atoms with van der Waals surface area (Å²) in [5.74, 6) is 0.323. The van der Waals surface area contributed by atoms with Gasteiger partial charge in [-0.1, -0.05) is 41.6 Å². The third kappa shape index (κ3) is 3.52. The smallest absolute Gasteiger partial charge is 0.273 e.